The van der Waals surface area contributed by atoms with Crippen LogP contribution in [-0.2, 0) is 0 Å². The normalized spacial score (nSPS) is 15.1. The lowest BCUT2D eigenvalue weighted by atomic mass is 10.2. The van der Waals surface area contributed by atoms with Gasteiger partial charge in [0.2, 0.25) is 0 Å². The Morgan fingerprint density at radius 2 is 1.43 bits per heavy atom. The fourth-order valence-electron chi connectivity index (χ4n) is 3.14. The van der Waals surface area contributed by atoms with E-state index in [1.54, 1.807) is 6.07 Å². The average molecular weight is 305 g/mol. The molecule has 0 spiro atoms. The Balaban J connectivity index is 1.51. The third kappa shape index (κ3) is 2.68. The van der Waals surface area contributed by atoms with Gasteiger partial charge in [0.25, 0.3) is 0 Å². The van der Waals surface area contributed by atoms with Crippen molar-refractivity contribution in [3.8, 4) is 5.75 Å². The van der Waals surface area contributed by atoms with Crippen molar-refractivity contribution >= 4 is 22.4 Å². The van der Waals surface area contributed by atoms with E-state index in [1.165, 1.54) is 5.39 Å². The number of para-hydroxylation sites is 3. The second-order valence-corrected chi connectivity index (χ2v) is 5.82. The van der Waals surface area contributed by atoms with E-state index < -0.39 is 0 Å². The molecule has 0 atom stereocenters. The summed E-state index contributed by atoms with van der Waals surface area (Å²) in [6.45, 7) is 3.57. The van der Waals surface area contributed by atoms with Gasteiger partial charge in [0.05, 0.1) is 11.2 Å². The highest BCUT2D eigenvalue weighted by Gasteiger charge is 2.20. The van der Waals surface area contributed by atoms with Crippen molar-refractivity contribution in [1.29, 1.82) is 0 Å². The minimum atomic E-state index is 0.352. The Labute approximate surface area is 135 Å². The van der Waals surface area contributed by atoms with E-state index in [4.69, 9.17) is 4.98 Å². The number of hydrogen-bond donors (Lipinski definition) is 1. The van der Waals surface area contributed by atoms with Crippen LogP contribution in [0.2, 0.25) is 0 Å². The largest absolute Gasteiger partial charge is 0.506 e. The molecule has 23 heavy (non-hydrogen) atoms. The van der Waals surface area contributed by atoms with Crippen LogP contribution in [0.5, 0.6) is 5.75 Å². The molecule has 1 N–H and O–H groups in total. The lowest BCUT2D eigenvalue weighted by Crippen LogP contribution is -2.46. The van der Waals surface area contributed by atoms with Gasteiger partial charge in [-0.3, -0.25) is 0 Å². The Hall–Kier alpha value is -2.75. The van der Waals surface area contributed by atoms with Crippen molar-refractivity contribution < 1.29 is 5.11 Å². The number of phenols is 1. The molecule has 2 aromatic carbocycles. The summed E-state index contributed by atoms with van der Waals surface area (Å²) in [6, 6.07) is 20.0. The minimum Gasteiger partial charge on any atom is -0.506 e. The molecule has 1 fully saturated rings. The number of anilines is 2. The third-order valence-electron chi connectivity index (χ3n) is 4.41. The fourth-order valence-corrected chi connectivity index (χ4v) is 3.14. The predicted molar refractivity (Wildman–Crippen MR) is 94.3 cm³/mol. The molecule has 4 rings (SSSR count). The molecule has 0 radical (unpaired) electrons. The number of aromatic nitrogens is 1. The van der Waals surface area contributed by atoms with Crippen molar-refractivity contribution in [3.05, 3.63) is 60.7 Å². The van der Waals surface area contributed by atoms with Crippen LogP contribution in [0.3, 0.4) is 0 Å². The molecule has 0 amide bonds. The zero-order valence-corrected chi connectivity index (χ0v) is 12.9. The first-order chi connectivity index (χ1) is 11.3. The van der Waals surface area contributed by atoms with Crippen LogP contribution in [-0.4, -0.2) is 36.3 Å². The summed E-state index contributed by atoms with van der Waals surface area (Å²) >= 11 is 0. The van der Waals surface area contributed by atoms with Gasteiger partial charge in [-0.05, 0) is 30.3 Å². The number of hydrogen-bond acceptors (Lipinski definition) is 4. The van der Waals surface area contributed by atoms with Gasteiger partial charge in [0.15, 0.2) is 0 Å². The van der Waals surface area contributed by atoms with Gasteiger partial charge in [-0.15, -0.1) is 0 Å². The summed E-state index contributed by atoms with van der Waals surface area (Å²) in [5.74, 6) is 1.38. The van der Waals surface area contributed by atoms with Crippen molar-refractivity contribution in [1.82, 2.24) is 4.98 Å². The molecule has 1 aliphatic heterocycles. The summed E-state index contributed by atoms with van der Waals surface area (Å²) in [7, 11) is 0. The van der Waals surface area contributed by atoms with Crippen LogP contribution in [0.15, 0.2) is 60.7 Å². The minimum absolute atomic E-state index is 0.352. The predicted octanol–water partition coefficient (Wildman–Crippen LogP) is 3.27. The first-order valence-corrected chi connectivity index (χ1v) is 7.95. The van der Waals surface area contributed by atoms with Crippen molar-refractivity contribution in [2.75, 3.05) is 36.0 Å². The molecule has 0 bridgehead atoms. The highest BCUT2D eigenvalue weighted by Crippen LogP contribution is 2.28. The number of pyridine rings is 1. The highest BCUT2D eigenvalue weighted by molar-refractivity contribution is 5.80. The van der Waals surface area contributed by atoms with Crippen LogP contribution in [0.4, 0.5) is 11.5 Å². The molecule has 0 saturated carbocycles. The lowest BCUT2D eigenvalue weighted by molar-refractivity contribution is 0.472. The summed E-state index contributed by atoms with van der Waals surface area (Å²) in [5, 5.41) is 11.2. The van der Waals surface area contributed by atoms with Gasteiger partial charge in [0, 0.05) is 31.6 Å². The molecule has 4 heteroatoms. The van der Waals surface area contributed by atoms with Gasteiger partial charge < -0.3 is 14.9 Å². The van der Waals surface area contributed by atoms with Crippen molar-refractivity contribution in [2.45, 2.75) is 0 Å². The van der Waals surface area contributed by atoms with Crippen LogP contribution >= 0.6 is 0 Å². The van der Waals surface area contributed by atoms with Crippen LogP contribution < -0.4 is 9.80 Å². The SMILES string of the molecule is Oc1ccccc1N1CCN(c2ccc3ccccc3n2)CC1. The highest BCUT2D eigenvalue weighted by atomic mass is 16.3. The zero-order valence-electron chi connectivity index (χ0n) is 12.9. The Morgan fingerprint density at radius 3 is 2.26 bits per heavy atom. The van der Waals surface area contributed by atoms with Gasteiger partial charge >= 0.3 is 0 Å². The Bertz CT molecular complexity index is 825. The van der Waals surface area contributed by atoms with Gasteiger partial charge in [-0.25, -0.2) is 4.98 Å². The molecule has 1 aromatic heterocycles. The van der Waals surface area contributed by atoms with Crippen molar-refractivity contribution in [2.24, 2.45) is 0 Å². The summed E-state index contributed by atoms with van der Waals surface area (Å²) in [6.07, 6.45) is 0. The molecule has 4 nitrogen and oxygen atoms in total. The van der Waals surface area contributed by atoms with Crippen LogP contribution in [0, 0.1) is 0 Å². The van der Waals surface area contributed by atoms with E-state index in [2.05, 4.69) is 34.1 Å². The lowest BCUT2D eigenvalue weighted by Gasteiger charge is -2.37. The van der Waals surface area contributed by atoms with Gasteiger partial charge in [-0.1, -0.05) is 30.3 Å². The van der Waals surface area contributed by atoms with E-state index >= 15 is 0 Å². The third-order valence-corrected chi connectivity index (χ3v) is 4.41. The number of rotatable bonds is 2. The topological polar surface area (TPSA) is 39.6 Å². The second-order valence-electron chi connectivity index (χ2n) is 5.82. The smallest absolute Gasteiger partial charge is 0.138 e. The number of aromatic hydroxyl groups is 1. The number of benzene rings is 2. The summed E-state index contributed by atoms with van der Waals surface area (Å²) in [4.78, 5) is 9.31. The first-order valence-electron chi connectivity index (χ1n) is 7.95. The van der Waals surface area contributed by atoms with E-state index in [0.29, 0.717) is 5.75 Å². The maximum Gasteiger partial charge on any atom is 0.138 e. The summed E-state index contributed by atoms with van der Waals surface area (Å²) in [5.41, 5.74) is 1.95. The molecular formula is C19H19N3O. The number of piperazine rings is 1. The molecule has 116 valence electrons. The standard InChI is InChI=1S/C19H19N3O/c23-18-8-4-3-7-17(18)21-11-13-22(14-12-21)19-10-9-15-5-1-2-6-16(15)20-19/h1-10,23H,11-14H2. The van der Waals surface area contributed by atoms with E-state index in [-0.39, 0.29) is 0 Å². The first kappa shape index (κ1) is 13.9. The zero-order chi connectivity index (χ0) is 15.6. The summed E-state index contributed by atoms with van der Waals surface area (Å²) < 4.78 is 0. The molecule has 1 saturated heterocycles. The van der Waals surface area contributed by atoms with E-state index in [9.17, 15) is 5.11 Å². The van der Waals surface area contributed by atoms with Crippen LogP contribution in [0.25, 0.3) is 10.9 Å². The van der Waals surface area contributed by atoms with E-state index in [1.807, 2.05) is 30.3 Å². The number of phenolic OH excluding ortho intramolecular Hbond substituents is 1. The Kier molecular flexibility index (Phi) is 3.50. The number of nitrogens with zero attached hydrogens (tertiary/aromatic N) is 3. The molecule has 3 aromatic rings. The van der Waals surface area contributed by atoms with Gasteiger partial charge in [-0.2, -0.15) is 0 Å². The van der Waals surface area contributed by atoms with Crippen LogP contribution in [0.1, 0.15) is 0 Å². The molecule has 1 aliphatic rings. The maximum atomic E-state index is 10.00. The maximum absolute atomic E-state index is 10.00. The molecular weight excluding hydrogens is 286 g/mol. The van der Waals surface area contributed by atoms with Crippen molar-refractivity contribution in [3.63, 3.8) is 0 Å². The van der Waals surface area contributed by atoms with E-state index in [0.717, 1.165) is 43.2 Å². The molecule has 2 heterocycles. The quantitative estimate of drug-likeness (QED) is 0.789. The second kappa shape index (κ2) is 5.80. The molecule has 0 unspecified atom stereocenters. The molecule has 0 aliphatic carbocycles. The Morgan fingerprint density at radius 1 is 0.739 bits per heavy atom. The van der Waals surface area contributed by atoms with Gasteiger partial charge in [0.1, 0.15) is 11.6 Å². The average Bonchev–Trinajstić information content (AvgIpc) is 2.62. The fraction of sp³-hybridized carbons (Fsp3) is 0.211. The number of fused-ring (bicyclic) bond motifs is 1. The monoisotopic (exact) mass is 305 g/mol.